The maximum absolute atomic E-state index is 12.7. The van der Waals surface area contributed by atoms with Crippen molar-refractivity contribution in [3.05, 3.63) is 53.1 Å². The van der Waals surface area contributed by atoms with Crippen LogP contribution in [0.5, 0.6) is 11.5 Å². The van der Waals surface area contributed by atoms with Crippen molar-refractivity contribution in [1.82, 2.24) is 4.90 Å². The number of carbonyl (C=O) groups is 1. The van der Waals surface area contributed by atoms with Crippen LogP contribution in [0.4, 0.5) is 5.69 Å². The Kier molecular flexibility index (Phi) is 6.35. The summed E-state index contributed by atoms with van der Waals surface area (Å²) in [4.78, 5) is 16.9. The number of halogens is 1. The number of hydrogen-bond donors (Lipinski definition) is 0. The lowest BCUT2D eigenvalue weighted by molar-refractivity contribution is -0.130. The normalized spacial score (nSPS) is 18.7. The van der Waals surface area contributed by atoms with Gasteiger partial charge in [-0.25, -0.2) is 0 Å². The molecule has 0 N–H and O–H groups in total. The third-order valence-corrected chi connectivity index (χ3v) is 6.12. The summed E-state index contributed by atoms with van der Waals surface area (Å²) in [7, 11) is 3.26. The van der Waals surface area contributed by atoms with Gasteiger partial charge >= 0.3 is 0 Å². The zero-order valence-corrected chi connectivity index (χ0v) is 18.2. The largest absolute Gasteiger partial charge is 0.493 e. The van der Waals surface area contributed by atoms with Gasteiger partial charge in [0.25, 0.3) is 0 Å². The molecule has 6 nitrogen and oxygen atoms in total. The number of benzene rings is 2. The minimum atomic E-state index is -0.210. The van der Waals surface area contributed by atoms with Crippen LogP contribution >= 0.6 is 11.6 Å². The molecule has 30 heavy (non-hydrogen) atoms. The predicted octanol–water partition coefficient (Wildman–Crippen LogP) is 3.25. The smallest absolute Gasteiger partial charge is 0.238 e. The zero-order valence-electron chi connectivity index (χ0n) is 17.4. The molecule has 0 spiro atoms. The second-order valence-electron chi connectivity index (χ2n) is 7.47. The maximum atomic E-state index is 12.7. The lowest BCUT2D eigenvalue weighted by Gasteiger charge is -2.38. The molecule has 1 amide bonds. The molecule has 0 aliphatic carbocycles. The van der Waals surface area contributed by atoms with Crippen LogP contribution in [0, 0.1) is 0 Å². The van der Waals surface area contributed by atoms with Crippen LogP contribution in [0.15, 0.2) is 36.4 Å². The highest BCUT2D eigenvalue weighted by molar-refractivity contribution is 6.27. The number of carbonyl (C=O) groups excluding carboxylic acids is 1. The monoisotopic (exact) mass is 430 g/mol. The van der Waals surface area contributed by atoms with Crippen LogP contribution in [0.1, 0.15) is 22.7 Å². The number of morpholine rings is 1. The van der Waals surface area contributed by atoms with Crippen LogP contribution in [0.2, 0.25) is 0 Å². The van der Waals surface area contributed by atoms with Crippen molar-refractivity contribution >= 4 is 23.2 Å². The molecule has 0 unspecified atom stereocenters. The van der Waals surface area contributed by atoms with Crippen molar-refractivity contribution in [3.63, 3.8) is 0 Å². The summed E-state index contributed by atoms with van der Waals surface area (Å²) in [5, 5.41) is 0. The highest BCUT2D eigenvalue weighted by Gasteiger charge is 2.33. The number of fused-ring (bicyclic) bond motifs is 1. The third kappa shape index (κ3) is 3.94. The summed E-state index contributed by atoms with van der Waals surface area (Å²) < 4.78 is 16.5. The van der Waals surface area contributed by atoms with Gasteiger partial charge in [0.15, 0.2) is 11.5 Å². The van der Waals surface area contributed by atoms with E-state index in [0.29, 0.717) is 18.0 Å². The molecule has 160 valence electrons. The van der Waals surface area contributed by atoms with E-state index in [1.165, 1.54) is 5.69 Å². The van der Waals surface area contributed by atoms with Gasteiger partial charge in [-0.05, 0) is 47.4 Å². The highest BCUT2D eigenvalue weighted by atomic mass is 35.5. The van der Waals surface area contributed by atoms with Crippen LogP contribution < -0.4 is 14.4 Å². The molecular formula is C23H27ClN2O4. The maximum Gasteiger partial charge on any atom is 0.238 e. The van der Waals surface area contributed by atoms with Crippen molar-refractivity contribution in [3.8, 4) is 11.5 Å². The van der Waals surface area contributed by atoms with Crippen LogP contribution in [-0.4, -0.2) is 63.8 Å². The van der Waals surface area contributed by atoms with Crippen molar-refractivity contribution < 1.29 is 19.0 Å². The molecule has 2 heterocycles. The van der Waals surface area contributed by atoms with Gasteiger partial charge < -0.3 is 24.0 Å². The fourth-order valence-corrected chi connectivity index (χ4v) is 4.49. The highest BCUT2D eigenvalue weighted by Crippen LogP contribution is 2.41. The van der Waals surface area contributed by atoms with E-state index in [2.05, 4.69) is 29.2 Å². The number of anilines is 1. The SMILES string of the molecule is COc1cc2c(cc1OC)[C@@H](c1ccc(N3CCOCC3)cc1)N(C(=O)CCl)CC2. The molecular weight excluding hydrogens is 404 g/mol. The summed E-state index contributed by atoms with van der Waals surface area (Å²) in [6.45, 7) is 3.89. The van der Waals surface area contributed by atoms with Crippen LogP contribution in [0.3, 0.4) is 0 Å². The van der Waals surface area contributed by atoms with Crippen LogP contribution in [0.25, 0.3) is 0 Å². The minimum Gasteiger partial charge on any atom is -0.493 e. The number of ether oxygens (including phenoxy) is 3. The molecule has 0 bridgehead atoms. The molecule has 0 radical (unpaired) electrons. The first-order valence-electron chi connectivity index (χ1n) is 10.2. The fourth-order valence-electron chi connectivity index (χ4n) is 4.34. The average Bonchev–Trinajstić information content (AvgIpc) is 2.82. The molecule has 0 saturated carbocycles. The first-order chi connectivity index (χ1) is 14.7. The molecule has 2 aliphatic rings. The molecule has 2 aromatic carbocycles. The number of nitrogens with zero attached hydrogens (tertiary/aromatic N) is 2. The van der Waals surface area contributed by atoms with Gasteiger partial charge in [-0.3, -0.25) is 4.79 Å². The van der Waals surface area contributed by atoms with Gasteiger partial charge in [0.2, 0.25) is 5.91 Å². The Labute approximate surface area is 182 Å². The fraction of sp³-hybridized carbons (Fsp3) is 0.435. The van der Waals surface area contributed by atoms with E-state index >= 15 is 0 Å². The topological polar surface area (TPSA) is 51.2 Å². The number of rotatable bonds is 5. The van der Waals surface area contributed by atoms with Crippen molar-refractivity contribution in [2.45, 2.75) is 12.5 Å². The number of amides is 1. The molecule has 1 saturated heterocycles. The lowest BCUT2D eigenvalue weighted by atomic mass is 9.87. The molecule has 7 heteroatoms. The minimum absolute atomic E-state index is 0.0367. The Morgan fingerprint density at radius 1 is 1.07 bits per heavy atom. The second-order valence-corrected chi connectivity index (χ2v) is 7.74. The second kappa shape index (κ2) is 9.14. The molecule has 4 rings (SSSR count). The predicted molar refractivity (Wildman–Crippen MR) is 117 cm³/mol. The Bertz CT molecular complexity index is 897. The van der Waals surface area contributed by atoms with Gasteiger partial charge in [0.1, 0.15) is 5.88 Å². The van der Waals surface area contributed by atoms with Gasteiger partial charge in [0.05, 0.1) is 33.5 Å². The first kappa shape index (κ1) is 20.8. The van der Waals surface area contributed by atoms with Crippen molar-refractivity contribution in [2.24, 2.45) is 0 Å². The van der Waals surface area contributed by atoms with E-state index in [-0.39, 0.29) is 17.8 Å². The number of methoxy groups -OCH3 is 2. The Morgan fingerprint density at radius 2 is 1.73 bits per heavy atom. The summed E-state index contributed by atoms with van der Waals surface area (Å²) >= 11 is 5.94. The van der Waals surface area contributed by atoms with E-state index in [0.717, 1.165) is 49.4 Å². The Hall–Kier alpha value is -2.44. The van der Waals surface area contributed by atoms with E-state index in [1.54, 1.807) is 14.2 Å². The van der Waals surface area contributed by atoms with E-state index in [4.69, 9.17) is 25.8 Å². The molecule has 1 atom stereocenters. The number of hydrogen-bond acceptors (Lipinski definition) is 5. The zero-order chi connectivity index (χ0) is 21.1. The average molecular weight is 431 g/mol. The summed E-state index contributed by atoms with van der Waals surface area (Å²) in [5.41, 5.74) is 4.43. The van der Waals surface area contributed by atoms with Gasteiger partial charge in [-0.1, -0.05) is 12.1 Å². The summed E-state index contributed by atoms with van der Waals surface area (Å²) in [6.07, 6.45) is 0.751. The van der Waals surface area contributed by atoms with Crippen LogP contribution in [-0.2, 0) is 16.0 Å². The van der Waals surface area contributed by atoms with E-state index in [9.17, 15) is 4.79 Å². The first-order valence-corrected chi connectivity index (χ1v) is 10.7. The molecule has 1 fully saturated rings. The Morgan fingerprint density at radius 3 is 2.37 bits per heavy atom. The van der Waals surface area contributed by atoms with Gasteiger partial charge in [0, 0.05) is 25.3 Å². The molecule has 2 aromatic rings. The van der Waals surface area contributed by atoms with Crippen molar-refractivity contribution in [1.29, 1.82) is 0 Å². The van der Waals surface area contributed by atoms with E-state index < -0.39 is 0 Å². The molecule has 0 aromatic heterocycles. The van der Waals surface area contributed by atoms with E-state index in [1.807, 2.05) is 17.0 Å². The van der Waals surface area contributed by atoms with Gasteiger partial charge in [-0.2, -0.15) is 0 Å². The number of alkyl halides is 1. The third-order valence-electron chi connectivity index (χ3n) is 5.89. The quantitative estimate of drug-likeness (QED) is 0.681. The molecule has 2 aliphatic heterocycles. The standard InChI is InChI=1S/C23H27ClN2O4/c1-28-20-13-17-7-8-26(22(27)15-24)23(19(17)14-21(20)29-2)16-3-5-18(6-4-16)25-9-11-30-12-10-25/h3-6,13-14,23H,7-12,15H2,1-2H3/t23-/m1/s1. The lowest BCUT2D eigenvalue weighted by Crippen LogP contribution is -2.41. The van der Waals surface area contributed by atoms with Crippen molar-refractivity contribution in [2.75, 3.05) is 57.8 Å². The van der Waals surface area contributed by atoms with Gasteiger partial charge in [-0.15, -0.1) is 11.6 Å². The summed E-state index contributed by atoms with van der Waals surface area (Å²) in [5.74, 6) is 1.26. The Balaban J connectivity index is 1.73. The summed E-state index contributed by atoms with van der Waals surface area (Å²) in [6, 6.07) is 12.3.